The van der Waals surface area contributed by atoms with Gasteiger partial charge in [0.05, 0.1) is 0 Å². The summed E-state index contributed by atoms with van der Waals surface area (Å²) >= 11 is 0. The molecule has 1 aliphatic heterocycles. The van der Waals surface area contributed by atoms with Gasteiger partial charge in [-0.15, -0.1) is 24.0 Å². The van der Waals surface area contributed by atoms with Crippen LogP contribution in [0.15, 0.2) is 29.3 Å². The van der Waals surface area contributed by atoms with E-state index in [1.165, 1.54) is 37.1 Å². The molecule has 1 aromatic rings. The number of rotatable bonds is 5. The van der Waals surface area contributed by atoms with E-state index in [4.69, 9.17) is 0 Å². The Morgan fingerprint density at radius 2 is 2.00 bits per heavy atom. The third kappa shape index (κ3) is 6.67. The summed E-state index contributed by atoms with van der Waals surface area (Å²) in [5.74, 6) is 1.62. The van der Waals surface area contributed by atoms with E-state index in [0.29, 0.717) is 0 Å². The van der Waals surface area contributed by atoms with Gasteiger partial charge in [0, 0.05) is 26.7 Å². The lowest BCUT2D eigenvalue weighted by atomic mass is 9.99. The average Bonchev–Trinajstić information content (AvgIpc) is 2.55. The number of aliphatic imine (C=N–C) groups is 1. The predicted octanol–water partition coefficient (Wildman–Crippen LogP) is 2.87. The molecule has 0 aliphatic carbocycles. The molecule has 2 rings (SSSR count). The summed E-state index contributed by atoms with van der Waals surface area (Å²) in [6.07, 6.45) is 3.68. The van der Waals surface area contributed by atoms with E-state index in [9.17, 15) is 0 Å². The largest absolute Gasteiger partial charge is 0.356 e. The standard InChI is InChI=1S/C18H30N4.HI/c1-4-16-9-5-6-10-17(16)13-21-18(19-2)20-12-15-8-7-11-22(3)14-15;/h5-6,9-10,15H,4,7-8,11-14H2,1-3H3,(H2,19,20,21);1H. The number of likely N-dealkylation sites (tertiary alicyclic amines) is 1. The van der Waals surface area contributed by atoms with Crippen molar-refractivity contribution in [2.45, 2.75) is 32.7 Å². The molecule has 1 fully saturated rings. The smallest absolute Gasteiger partial charge is 0.191 e. The number of benzene rings is 1. The minimum Gasteiger partial charge on any atom is -0.356 e. The maximum Gasteiger partial charge on any atom is 0.191 e. The van der Waals surface area contributed by atoms with Crippen molar-refractivity contribution in [3.05, 3.63) is 35.4 Å². The molecule has 130 valence electrons. The Hall–Kier alpha value is -0.820. The van der Waals surface area contributed by atoms with E-state index in [-0.39, 0.29) is 24.0 Å². The summed E-state index contributed by atoms with van der Waals surface area (Å²) in [5, 5.41) is 6.92. The fraction of sp³-hybridized carbons (Fsp3) is 0.611. The summed E-state index contributed by atoms with van der Waals surface area (Å²) in [7, 11) is 4.05. The van der Waals surface area contributed by atoms with Crippen molar-refractivity contribution >= 4 is 29.9 Å². The number of hydrogen-bond donors (Lipinski definition) is 2. The monoisotopic (exact) mass is 430 g/mol. The summed E-state index contributed by atoms with van der Waals surface area (Å²) in [6.45, 7) is 6.44. The molecule has 1 heterocycles. The first kappa shape index (κ1) is 20.2. The highest BCUT2D eigenvalue weighted by atomic mass is 127. The van der Waals surface area contributed by atoms with Crippen molar-refractivity contribution in [2.75, 3.05) is 33.7 Å². The molecular formula is C18H31IN4. The van der Waals surface area contributed by atoms with Gasteiger partial charge < -0.3 is 15.5 Å². The number of guanidine groups is 1. The van der Waals surface area contributed by atoms with Crippen LogP contribution in [0.3, 0.4) is 0 Å². The molecule has 23 heavy (non-hydrogen) atoms. The van der Waals surface area contributed by atoms with Crippen LogP contribution in [0.4, 0.5) is 0 Å². The fourth-order valence-corrected chi connectivity index (χ4v) is 3.16. The van der Waals surface area contributed by atoms with Crippen LogP contribution in [0.25, 0.3) is 0 Å². The number of aryl methyl sites for hydroxylation is 1. The Kier molecular flexibility index (Phi) is 9.55. The van der Waals surface area contributed by atoms with E-state index < -0.39 is 0 Å². The molecule has 0 spiro atoms. The van der Waals surface area contributed by atoms with Gasteiger partial charge >= 0.3 is 0 Å². The number of nitrogens with zero attached hydrogens (tertiary/aromatic N) is 2. The molecule has 2 N–H and O–H groups in total. The minimum atomic E-state index is 0. The van der Waals surface area contributed by atoms with Crippen LogP contribution in [-0.2, 0) is 13.0 Å². The van der Waals surface area contributed by atoms with Gasteiger partial charge in [0.1, 0.15) is 0 Å². The van der Waals surface area contributed by atoms with Crippen molar-refractivity contribution < 1.29 is 0 Å². The van der Waals surface area contributed by atoms with Gasteiger partial charge in [0.15, 0.2) is 5.96 Å². The normalized spacial score (nSPS) is 19.1. The van der Waals surface area contributed by atoms with E-state index in [2.05, 4.69) is 58.8 Å². The Morgan fingerprint density at radius 1 is 1.26 bits per heavy atom. The second-order valence-corrected chi connectivity index (χ2v) is 6.20. The van der Waals surface area contributed by atoms with Crippen LogP contribution in [-0.4, -0.2) is 44.6 Å². The Balaban J connectivity index is 0.00000264. The van der Waals surface area contributed by atoms with Gasteiger partial charge in [-0.2, -0.15) is 0 Å². The Labute approximate surface area is 158 Å². The topological polar surface area (TPSA) is 39.7 Å². The Bertz CT molecular complexity index is 490. The second kappa shape index (κ2) is 10.9. The third-order valence-electron chi connectivity index (χ3n) is 4.45. The van der Waals surface area contributed by atoms with Crippen molar-refractivity contribution in [1.82, 2.24) is 15.5 Å². The molecule has 0 radical (unpaired) electrons. The SMILES string of the molecule is CCc1ccccc1CNC(=NC)NCC1CCCN(C)C1.I. The van der Waals surface area contributed by atoms with Crippen LogP contribution in [0.5, 0.6) is 0 Å². The molecule has 1 atom stereocenters. The van der Waals surface area contributed by atoms with Gasteiger partial charge in [0.25, 0.3) is 0 Å². The highest BCUT2D eigenvalue weighted by Gasteiger charge is 2.17. The molecule has 4 nitrogen and oxygen atoms in total. The van der Waals surface area contributed by atoms with Crippen molar-refractivity contribution in [3.63, 3.8) is 0 Å². The van der Waals surface area contributed by atoms with Crippen molar-refractivity contribution in [2.24, 2.45) is 10.9 Å². The van der Waals surface area contributed by atoms with Crippen LogP contribution in [0, 0.1) is 5.92 Å². The van der Waals surface area contributed by atoms with Crippen LogP contribution in [0.1, 0.15) is 30.9 Å². The van der Waals surface area contributed by atoms with Crippen LogP contribution >= 0.6 is 24.0 Å². The van der Waals surface area contributed by atoms with Gasteiger partial charge in [-0.05, 0) is 49.9 Å². The molecule has 1 aliphatic rings. The fourth-order valence-electron chi connectivity index (χ4n) is 3.16. The predicted molar refractivity (Wildman–Crippen MR) is 110 cm³/mol. The number of halogens is 1. The lowest BCUT2D eigenvalue weighted by molar-refractivity contribution is 0.210. The maximum absolute atomic E-state index is 4.34. The average molecular weight is 430 g/mol. The minimum absolute atomic E-state index is 0. The Morgan fingerprint density at radius 3 is 2.65 bits per heavy atom. The van der Waals surface area contributed by atoms with Gasteiger partial charge in [-0.3, -0.25) is 4.99 Å². The second-order valence-electron chi connectivity index (χ2n) is 6.20. The molecular weight excluding hydrogens is 399 g/mol. The number of piperidine rings is 1. The zero-order valence-electron chi connectivity index (χ0n) is 14.6. The van der Waals surface area contributed by atoms with E-state index in [1.807, 2.05) is 7.05 Å². The maximum atomic E-state index is 4.34. The first-order valence-electron chi connectivity index (χ1n) is 8.42. The zero-order chi connectivity index (χ0) is 15.8. The van der Waals surface area contributed by atoms with Gasteiger partial charge in [-0.1, -0.05) is 31.2 Å². The van der Waals surface area contributed by atoms with Crippen LogP contribution < -0.4 is 10.6 Å². The summed E-state index contributed by atoms with van der Waals surface area (Å²) in [6, 6.07) is 8.60. The zero-order valence-corrected chi connectivity index (χ0v) is 17.0. The first-order chi connectivity index (χ1) is 10.7. The molecule has 0 aromatic heterocycles. The lowest BCUT2D eigenvalue weighted by Gasteiger charge is -2.30. The molecule has 1 saturated heterocycles. The molecule has 0 bridgehead atoms. The summed E-state index contributed by atoms with van der Waals surface area (Å²) in [5.41, 5.74) is 2.75. The van der Waals surface area contributed by atoms with Gasteiger partial charge in [-0.25, -0.2) is 0 Å². The molecule has 0 saturated carbocycles. The van der Waals surface area contributed by atoms with Crippen molar-refractivity contribution in [1.29, 1.82) is 0 Å². The quantitative estimate of drug-likeness (QED) is 0.429. The van der Waals surface area contributed by atoms with E-state index in [0.717, 1.165) is 31.4 Å². The summed E-state index contributed by atoms with van der Waals surface area (Å²) < 4.78 is 0. The highest BCUT2D eigenvalue weighted by molar-refractivity contribution is 14.0. The number of hydrogen-bond acceptors (Lipinski definition) is 2. The van der Waals surface area contributed by atoms with Crippen LogP contribution in [0.2, 0.25) is 0 Å². The lowest BCUT2D eigenvalue weighted by Crippen LogP contribution is -2.43. The summed E-state index contributed by atoms with van der Waals surface area (Å²) in [4.78, 5) is 6.76. The molecule has 5 heteroatoms. The molecule has 0 amide bonds. The third-order valence-corrected chi connectivity index (χ3v) is 4.45. The van der Waals surface area contributed by atoms with E-state index >= 15 is 0 Å². The first-order valence-corrected chi connectivity index (χ1v) is 8.42. The van der Waals surface area contributed by atoms with Crippen molar-refractivity contribution in [3.8, 4) is 0 Å². The number of nitrogens with one attached hydrogen (secondary N) is 2. The van der Waals surface area contributed by atoms with Gasteiger partial charge in [0.2, 0.25) is 0 Å². The van der Waals surface area contributed by atoms with E-state index in [1.54, 1.807) is 0 Å². The molecule has 1 unspecified atom stereocenters. The highest BCUT2D eigenvalue weighted by Crippen LogP contribution is 2.13. The molecule has 1 aromatic carbocycles.